The van der Waals surface area contributed by atoms with Gasteiger partial charge in [-0.1, -0.05) is 29.8 Å². The maximum absolute atomic E-state index is 12.4. The number of ketones is 1. The van der Waals surface area contributed by atoms with Gasteiger partial charge in [0.2, 0.25) is 5.91 Å². The number of halogens is 1. The predicted molar refractivity (Wildman–Crippen MR) is 116 cm³/mol. The minimum atomic E-state index is -0.364. The summed E-state index contributed by atoms with van der Waals surface area (Å²) in [6, 6.07) is 7.20. The second-order valence-electron chi connectivity index (χ2n) is 7.24. The van der Waals surface area contributed by atoms with Gasteiger partial charge in [-0.3, -0.25) is 9.59 Å². The number of piperidine rings is 1. The number of hydrogen-bond donors (Lipinski definition) is 0. The topological polar surface area (TPSA) is 72.9 Å². The van der Waals surface area contributed by atoms with Crippen LogP contribution in [0.2, 0.25) is 5.02 Å². The summed E-state index contributed by atoms with van der Waals surface area (Å²) in [7, 11) is 0. The molecule has 0 unspecified atom stereocenters. The van der Waals surface area contributed by atoms with Gasteiger partial charge in [0.1, 0.15) is 6.61 Å². The van der Waals surface area contributed by atoms with E-state index in [4.69, 9.17) is 21.1 Å². The van der Waals surface area contributed by atoms with Gasteiger partial charge in [-0.2, -0.15) is 0 Å². The summed E-state index contributed by atoms with van der Waals surface area (Å²) in [6.07, 6.45) is 7.46. The van der Waals surface area contributed by atoms with E-state index in [1.54, 1.807) is 25.1 Å². The molecule has 1 atom stereocenters. The number of allylic oxidation sites excluding steroid dienone is 1. The fourth-order valence-electron chi connectivity index (χ4n) is 3.41. The van der Waals surface area contributed by atoms with Crippen molar-refractivity contribution in [2.45, 2.75) is 51.5 Å². The molecule has 1 heterocycles. The fourth-order valence-corrected chi connectivity index (χ4v) is 3.62. The summed E-state index contributed by atoms with van der Waals surface area (Å²) < 4.78 is 10.1. The number of ether oxygens (including phenoxy) is 2. The molecule has 2 rings (SSSR count). The molecule has 0 saturated carbocycles. The molecule has 0 aromatic heterocycles. The summed E-state index contributed by atoms with van der Waals surface area (Å²) >= 11 is 5.97. The normalized spacial score (nSPS) is 16.3. The largest absolute Gasteiger partial charge is 1.00 e. The first kappa shape index (κ1) is 27.9. The van der Waals surface area contributed by atoms with Crippen LogP contribution in [-0.2, 0) is 30.3 Å². The summed E-state index contributed by atoms with van der Waals surface area (Å²) in [5, 5.41) is 0.611. The van der Waals surface area contributed by atoms with Crippen LogP contribution in [0.4, 0.5) is 0 Å². The zero-order chi connectivity index (χ0) is 21.8. The molecular formula is C23H31ClNNaO5. The number of hydrogen-bond acceptors (Lipinski definition) is 5. The third-order valence-electron chi connectivity index (χ3n) is 4.85. The number of rotatable bonds is 12. The SMILES string of the molecule is CCOC(=O)COCCCCN1C(=O)CCC[C@@H]1/C=C/C(=O)Cc1cccc(Cl)c1.[H-].[Na+]. The van der Waals surface area contributed by atoms with E-state index in [-0.39, 0.29) is 67.7 Å². The van der Waals surface area contributed by atoms with Crippen molar-refractivity contribution in [3.63, 3.8) is 0 Å². The molecule has 0 spiro atoms. The van der Waals surface area contributed by atoms with E-state index >= 15 is 0 Å². The van der Waals surface area contributed by atoms with Crippen LogP contribution in [0, 0.1) is 0 Å². The van der Waals surface area contributed by atoms with Crippen LogP contribution in [0.15, 0.2) is 36.4 Å². The predicted octanol–water partition coefficient (Wildman–Crippen LogP) is 0.865. The molecule has 1 aromatic rings. The zero-order valence-corrected chi connectivity index (χ0v) is 21.2. The quantitative estimate of drug-likeness (QED) is 0.201. The maximum Gasteiger partial charge on any atom is 1.00 e. The first-order chi connectivity index (χ1) is 14.5. The molecule has 0 radical (unpaired) electrons. The molecule has 166 valence electrons. The molecule has 8 heteroatoms. The monoisotopic (exact) mass is 459 g/mol. The average molecular weight is 460 g/mol. The van der Waals surface area contributed by atoms with Crippen molar-refractivity contribution in [2.75, 3.05) is 26.4 Å². The first-order valence-corrected chi connectivity index (χ1v) is 10.9. The fraction of sp³-hybridized carbons (Fsp3) is 0.522. The number of carbonyl (C=O) groups is 3. The van der Waals surface area contributed by atoms with E-state index in [0.717, 1.165) is 31.2 Å². The molecular weight excluding hydrogens is 429 g/mol. The van der Waals surface area contributed by atoms with Gasteiger partial charge < -0.3 is 15.8 Å². The smallest absolute Gasteiger partial charge is 1.00 e. The van der Waals surface area contributed by atoms with Crippen LogP contribution in [0.3, 0.4) is 0 Å². The van der Waals surface area contributed by atoms with E-state index in [9.17, 15) is 14.4 Å². The van der Waals surface area contributed by atoms with Gasteiger partial charge in [-0.25, -0.2) is 4.79 Å². The Kier molecular flexibility index (Phi) is 14.0. The Morgan fingerprint density at radius 1 is 1.32 bits per heavy atom. The van der Waals surface area contributed by atoms with Gasteiger partial charge in [-0.05, 0) is 56.4 Å². The van der Waals surface area contributed by atoms with Crippen molar-refractivity contribution in [3.05, 3.63) is 47.0 Å². The van der Waals surface area contributed by atoms with Crippen LogP contribution in [-0.4, -0.2) is 55.0 Å². The molecule has 0 bridgehead atoms. The van der Waals surface area contributed by atoms with Crippen LogP contribution in [0.1, 0.15) is 46.0 Å². The minimum Gasteiger partial charge on any atom is -1.00 e. The second-order valence-corrected chi connectivity index (χ2v) is 7.68. The molecule has 0 aliphatic carbocycles. The van der Waals surface area contributed by atoms with E-state index in [2.05, 4.69) is 0 Å². The van der Waals surface area contributed by atoms with Crippen LogP contribution < -0.4 is 29.6 Å². The van der Waals surface area contributed by atoms with Gasteiger partial charge in [0.25, 0.3) is 0 Å². The third-order valence-corrected chi connectivity index (χ3v) is 5.08. The molecule has 1 amide bonds. The van der Waals surface area contributed by atoms with Gasteiger partial charge in [0.15, 0.2) is 5.78 Å². The number of esters is 1. The summed E-state index contributed by atoms with van der Waals surface area (Å²) in [6.45, 7) is 3.11. The van der Waals surface area contributed by atoms with Gasteiger partial charge >= 0.3 is 35.5 Å². The number of unbranched alkanes of at least 4 members (excludes halogenated alkanes) is 1. The van der Waals surface area contributed by atoms with Crippen LogP contribution >= 0.6 is 11.6 Å². The van der Waals surface area contributed by atoms with Crippen molar-refractivity contribution < 1.29 is 54.8 Å². The van der Waals surface area contributed by atoms with Gasteiger partial charge in [0, 0.05) is 31.0 Å². The minimum absolute atomic E-state index is 0. The van der Waals surface area contributed by atoms with Crippen molar-refractivity contribution in [2.24, 2.45) is 0 Å². The second kappa shape index (κ2) is 15.6. The summed E-state index contributed by atoms with van der Waals surface area (Å²) in [4.78, 5) is 37.7. The summed E-state index contributed by atoms with van der Waals surface area (Å²) in [5.41, 5.74) is 0.872. The Balaban J connectivity index is 0.00000480. The number of likely N-dealkylation sites (tertiary alicyclic amines) is 1. The molecule has 1 fully saturated rings. The van der Waals surface area contributed by atoms with Gasteiger partial charge in [-0.15, -0.1) is 0 Å². The molecule has 1 aliphatic heterocycles. The van der Waals surface area contributed by atoms with Gasteiger partial charge in [0.05, 0.1) is 12.6 Å². The van der Waals surface area contributed by atoms with Crippen LogP contribution in [0.5, 0.6) is 0 Å². The van der Waals surface area contributed by atoms with Crippen molar-refractivity contribution in [1.82, 2.24) is 4.90 Å². The Morgan fingerprint density at radius 2 is 2.13 bits per heavy atom. The molecule has 0 N–H and O–H groups in total. The van der Waals surface area contributed by atoms with Crippen LogP contribution in [0.25, 0.3) is 0 Å². The van der Waals surface area contributed by atoms with E-state index in [1.165, 1.54) is 0 Å². The molecule has 1 aromatic carbocycles. The number of amides is 1. The molecule has 6 nitrogen and oxygen atoms in total. The molecule has 1 aliphatic rings. The maximum atomic E-state index is 12.4. The van der Waals surface area contributed by atoms with Crippen molar-refractivity contribution in [1.29, 1.82) is 0 Å². The standard InChI is InChI=1S/C23H30ClNO5.Na.H/c1-2-30-23(28)17-29-14-4-3-13-25-20(9-6-10-22(25)27)11-12-21(26)16-18-7-5-8-19(24)15-18;;/h5,7-8,11-12,15,20H,2-4,6,9-10,13-14,16-17H2,1H3;;/q;+1;-1/b12-11+;;/t20-;;/m1../s1. The Bertz CT molecular complexity index is 762. The molecule has 1 saturated heterocycles. The number of carbonyl (C=O) groups excluding carboxylic acids is 3. The Hall–Kier alpha value is -1.18. The zero-order valence-electron chi connectivity index (χ0n) is 19.5. The first-order valence-electron chi connectivity index (χ1n) is 10.5. The number of nitrogens with zero attached hydrogens (tertiary/aromatic N) is 1. The van der Waals surface area contributed by atoms with E-state index in [0.29, 0.717) is 31.2 Å². The summed E-state index contributed by atoms with van der Waals surface area (Å²) in [5.74, 6) is -0.260. The van der Waals surface area contributed by atoms with E-state index < -0.39 is 0 Å². The van der Waals surface area contributed by atoms with E-state index in [1.807, 2.05) is 23.1 Å². The third kappa shape index (κ3) is 10.8. The Labute approximate surface area is 213 Å². The van der Waals surface area contributed by atoms with Crippen molar-refractivity contribution in [3.8, 4) is 0 Å². The number of benzene rings is 1. The molecule has 31 heavy (non-hydrogen) atoms. The van der Waals surface area contributed by atoms with Crippen molar-refractivity contribution >= 4 is 29.3 Å². The average Bonchev–Trinajstić information content (AvgIpc) is 2.70. The Morgan fingerprint density at radius 3 is 2.87 bits per heavy atom.